The second kappa shape index (κ2) is 5.28. The van der Waals surface area contributed by atoms with Gasteiger partial charge in [0.15, 0.2) is 0 Å². The van der Waals surface area contributed by atoms with Crippen LogP contribution in [0.4, 0.5) is 0 Å². The van der Waals surface area contributed by atoms with Gasteiger partial charge in [-0.1, -0.05) is 43.5 Å². The topological polar surface area (TPSA) is 15.6 Å². The smallest absolute Gasteiger partial charge is 0.0775 e. The molecule has 0 N–H and O–H groups in total. The minimum absolute atomic E-state index is 0.325. The van der Waals surface area contributed by atoms with Crippen molar-refractivity contribution in [1.82, 2.24) is 5.01 Å². The van der Waals surface area contributed by atoms with Crippen LogP contribution in [0.15, 0.2) is 59.9 Å². The zero-order valence-electron chi connectivity index (χ0n) is 12.2. The van der Waals surface area contributed by atoms with Crippen LogP contribution >= 0.6 is 0 Å². The van der Waals surface area contributed by atoms with Crippen molar-refractivity contribution in [2.24, 2.45) is 11.0 Å². The summed E-state index contributed by atoms with van der Waals surface area (Å²) in [5.74, 6) is 0.671. The van der Waals surface area contributed by atoms with Crippen molar-refractivity contribution in [2.75, 3.05) is 0 Å². The molecule has 1 aliphatic carbocycles. The lowest BCUT2D eigenvalue weighted by Crippen LogP contribution is -2.18. The molecule has 1 aromatic carbocycles. The molecule has 0 aromatic heterocycles. The summed E-state index contributed by atoms with van der Waals surface area (Å²) in [5, 5.41) is 6.94. The molecule has 1 aliphatic heterocycles. The van der Waals surface area contributed by atoms with E-state index in [1.807, 2.05) is 0 Å². The quantitative estimate of drug-likeness (QED) is 0.722. The first-order valence-electron chi connectivity index (χ1n) is 7.43. The normalized spacial score (nSPS) is 23.2. The molecule has 20 heavy (non-hydrogen) atoms. The highest BCUT2D eigenvalue weighted by Crippen LogP contribution is 2.40. The van der Waals surface area contributed by atoms with E-state index in [1.165, 1.54) is 24.0 Å². The van der Waals surface area contributed by atoms with E-state index < -0.39 is 0 Å². The van der Waals surface area contributed by atoms with Crippen LogP contribution in [0.25, 0.3) is 0 Å². The summed E-state index contributed by atoms with van der Waals surface area (Å²) in [4.78, 5) is 0. The molecule has 104 valence electrons. The van der Waals surface area contributed by atoms with Gasteiger partial charge in [-0.15, -0.1) is 0 Å². The van der Waals surface area contributed by atoms with Crippen LogP contribution in [0.5, 0.6) is 0 Å². The molecule has 0 spiro atoms. The van der Waals surface area contributed by atoms with Crippen LogP contribution in [0.1, 0.15) is 44.2 Å². The number of nitrogens with zero attached hydrogens (tertiary/aromatic N) is 2. The number of hydrogen-bond donors (Lipinski definition) is 0. The molecular weight excluding hydrogens is 244 g/mol. The third-order valence-electron chi connectivity index (χ3n) is 4.30. The summed E-state index contributed by atoms with van der Waals surface area (Å²) in [6.45, 7) is 10.4. The number of benzene rings is 1. The van der Waals surface area contributed by atoms with E-state index in [1.54, 1.807) is 0 Å². The van der Waals surface area contributed by atoms with Gasteiger partial charge in [-0.05, 0) is 49.7 Å². The third kappa shape index (κ3) is 2.55. The Kier molecular flexibility index (Phi) is 3.47. The first kappa shape index (κ1) is 13.2. The fourth-order valence-corrected chi connectivity index (χ4v) is 2.84. The van der Waals surface area contributed by atoms with Crippen molar-refractivity contribution in [3.8, 4) is 0 Å². The molecule has 2 heteroatoms. The lowest BCUT2D eigenvalue weighted by atomic mass is 10.1. The maximum absolute atomic E-state index is 4.83. The van der Waals surface area contributed by atoms with Crippen LogP contribution < -0.4 is 0 Å². The molecule has 1 aromatic rings. The number of hydrazone groups is 1. The summed E-state index contributed by atoms with van der Waals surface area (Å²) < 4.78 is 0. The van der Waals surface area contributed by atoms with Gasteiger partial charge in [0, 0.05) is 5.70 Å². The molecule has 3 rings (SSSR count). The maximum Gasteiger partial charge on any atom is 0.0775 e. The van der Waals surface area contributed by atoms with Crippen LogP contribution in [0.2, 0.25) is 0 Å². The number of hydrogen-bond acceptors (Lipinski definition) is 2. The average molecular weight is 266 g/mol. The van der Waals surface area contributed by atoms with E-state index in [0.717, 1.165) is 24.3 Å². The Morgan fingerprint density at radius 2 is 1.90 bits per heavy atom. The minimum Gasteiger partial charge on any atom is -0.262 e. The Morgan fingerprint density at radius 1 is 1.20 bits per heavy atom. The second-order valence-corrected chi connectivity index (χ2v) is 5.86. The Morgan fingerprint density at radius 3 is 2.55 bits per heavy atom. The SMILES string of the molecule is C=C(/C(C)=N/N1C(=C)CCC1c1ccccc1)C1CC1. The summed E-state index contributed by atoms with van der Waals surface area (Å²) in [6, 6.07) is 10.9. The van der Waals surface area contributed by atoms with Crippen molar-refractivity contribution in [3.63, 3.8) is 0 Å². The van der Waals surface area contributed by atoms with E-state index >= 15 is 0 Å². The fraction of sp³-hybridized carbons (Fsp3) is 0.389. The minimum atomic E-state index is 0.325. The van der Waals surface area contributed by atoms with Crippen molar-refractivity contribution in [1.29, 1.82) is 0 Å². The van der Waals surface area contributed by atoms with Gasteiger partial charge < -0.3 is 0 Å². The zero-order valence-corrected chi connectivity index (χ0v) is 12.2. The summed E-state index contributed by atoms with van der Waals surface area (Å²) in [6.07, 6.45) is 4.66. The summed E-state index contributed by atoms with van der Waals surface area (Å²) >= 11 is 0. The average Bonchev–Trinajstić information content (AvgIpc) is 3.25. The monoisotopic (exact) mass is 266 g/mol. The molecule has 0 bridgehead atoms. The Balaban J connectivity index is 1.83. The third-order valence-corrected chi connectivity index (χ3v) is 4.30. The highest BCUT2D eigenvalue weighted by molar-refractivity contribution is 5.98. The van der Waals surface area contributed by atoms with Crippen molar-refractivity contribution in [3.05, 3.63) is 60.3 Å². The molecule has 1 saturated carbocycles. The Bertz CT molecular complexity index is 552. The number of rotatable bonds is 4. The summed E-state index contributed by atoms with van der Waals surface area (Å²) in [7, 11) is 0. The Labute approximate surface area is 121 Å². The van der Waals surface area contributed by atoms with Gasteiger partial charge in [-0.2, -0.15) is 5.10 Å². The van der Waals surface area contributed by atoms with Crippen molar-refractivity contribution < 1.29 is 0 Å². The molecule has 1 saturated heterocycles. The highest BCUT2D eigenvalue weighted by Gasteiger charge is 2.30. The van der Waals surface area contributed by atoms with Crippen LogP contribution in [0, 0.1) is 5.92 Å². The predicted molar refractivity (Wildman–Crippen MR) is 84.4 cm³/mol. The van der Waals surface area contributed by atoms with E-state index in [2.05, 4.69) is 55.4 Å². The molecular formula is C18H22N2. The van der Waals surface area contributed by atoms with Gasteiger partial charge in [0.25, 0.3) is 0 Å². The van der Waals surface area contributed by atoms with Gasteiger partial charge in [0.2, 0.25) is 0 Å². The maximum atomic E-state index is 4.83. The molecule has 2 nitrogen and oxygen atoms in total. The van der Waals surface area contributed by atoms with Crippen LogP contribution in [-0.2, 0) is 0 Å². The Hall–Kier alpha value is -1.83. The van der Waals surface area contributed by atoms with E-state index in [9.17, 15) is 0 Å². The predicted octanol–water partition coefficient (Wildman–Crippen LogP) is 4.68. The van der Waals surface area contributed by atoms with Crippen molar-refractivity contribution in [2.45, 2.75) is 38.6 Å². The van der Waals surface area contributed by atoms with Crippen molar-refractivity contribution >= 4 is 5.71 Å². The van der Waals surface area contributed by atoms with Gasteiger partial charge >= 0.3 is 0 Å². The van der Waals surface area contributed by atoms with Gasteiger partial charge in [0.1, 0.15) is 0 Å². The molecule has 0 amide bonds. The molecule has 1 atom stereocenters. The van der Waals surface area contributed by atoms with Gasteiger partial charge in [0.05, 0.1) is 11.8 Å². The largest absolute Gasteiger partial charge is 0.262 e. The van der Waals surface area contributed by atoms with E-state index in [4.69, 9.17) is 5.10 Å². The first-order valence-corrected chi connectivity index (χ1v) is 7.43. The van der Waals surface area contributed by atoms with Crippen LogP contribution in [0.3, 0.4) is 0 Å². The lowest BCUT2D eigenvalue weighted by molar-refractivity contribution is 0.314. The molecule has 2 aliphatic rings. The fourth-order valence-electron chi connectivity index (χ4n) is 2.84. The van der Waals surface area contributed by atoms with Crippen LogP contribution in [-0.4, -0.2) is 10.7 Å². The number of allylic oxidation sites excluding steroid dienone is 2. The molecule has 2 fully saturated rings. The molecule has 1 heterocycles. The highest BCUT2D eigenvalue weighted by atomic mass is 15.5. The molecule has 0 radical (unpaired) electrons. The van der Waals surface area contributed by atoms with E-state index in [0.29, 0.717) is 12.0 Å². The summed E-state index contributed by atoms with van der Waals surface area (Å²) in [5.41, 5.74) is 4.70. The standard InChI is InChI=1S/C18H22N2/c1-13-9-12-18(17-7-5-4-6-8-17)20(13)19-15(3)14(2)16-10-11-16/h4-8,16,18H,1-2,9-12H2,3H3/b19-15+. The lowest BCUT2D eigenvalue weighted by Gasteiger charge is -2.24. The zero-order chi connectivity index (χ0) is 14.1. The second-order valence-electron chi connectivity index (χ2n) is 5.86. The van der Waals surface area contributed by atoms with Gasteiger partial charge in [-0.3, -0.25) is 5.01 Å². The first-order chi connectivity index (χ1) is 9.66. The van der Waals surface area contributed by atoms with E-state index in [-0.39, 0.29) is 0 Å². The van der Waals surface area contributed by atoms with Gasteiger partial charge in [-0.25, -0.2) is 0 Å². The molecule has 1 unspecified atom stereocenters.